The molecule has 0 amide bonds. The van der Waals surface area contributed by atoms with Gasteiger partial charge in [-0.2, -0.15) is 0 Å². The van der Waals surface area contributed by atoms with E-state index in [1.807, 2.05) is 6.07 Å². The average molecular weight is 489 g/mol. The number of benzene rings is 1. The molecule has 1 aliphatic heterocycles. The summed E-state index contributed by atoms with van der Waals surface area (Å²) < 4.78 is 16.7. The quantitative estimate of drug-likeness (QED) is 0.219. The number of hydrogen-bond donors (Lipinski definition) is 2. The van der Waals surface area contributed by atoms with Crippen LogP contribution in [0.2, 0.25) is 0 Å². The van der Waals surface area contributed by atoms with Gasteiger partial charge in [-0.3, -0.25) is 0 Å². The van der Waals surface area contributed by atoms with Crippen molar-refractivity contribution in [2.75, 3.05) is 33.0 Å². The highest BCUT2D eigenvalue weighted by atomic mass is 16.5. The third-order valence-electron chi connectivity index (χ3n) is 6.24. The van der Waals surface area contributed by atoms with Gasteiger partial charge in [-0.25, -0.2) is 9.59 Å². The molecule has 0 aliphatic carbocycles. The zero-order valence-electron chi connectivity index (χ0n) is 20.9. The van der Waals surface area contributed by atoms with E-state index in [2.05, 4.69) is 32.2 Å². The highest BCUT2D eigenvalue weighted by Crippen LogP contribution is 2.33. The topological polar surface area (TPSA) is 102 Å². The van der Waals surface area contributed by atoms with Crippen LogP contribution in [0.5, 0.6) is 0 Å². The minimum atomic E-state index is -0.607. The number of aliphatic hydroxyl groups is 2. The zero-order chi connectivity index (χ0) is 25.6. The second kappa shape index (κ2) is 15.5. The smallest absolute Gasteiger partial charge is 0.335 e. The lowest BCUT2D eigenvalue weighted by Gasteiger charge is -2.30. The van der Waals surface area contributed by atoms with Crippen molar-refractivity contribution in [2.24, 2.45) is 5.92 Å². The van der Waals surface area contributed by atoms with E-state index in [0.717, 1.165) is 36.1 Å². The summed E-state index contributed by atoms with van der Waals surface area (Å²) in [4.78, 5) is 23.6. The highest BCUT2D eigenvalue weighted by Gasteiger charge is 2.23. The maximum absolute atomic E-state index is 11.8. The van der Waals surface area contributed by atoms with E-state index < -0.39 is 25.2 Å². The Labute approximate surface area is 208 Å². The highest BCUT2D eigenvalue weighted by molar-refractivity contribution is 5.88. The van der Waals surface area contributed by atoms with E-state index in [1.54, 1.807) is 0 Å². The molecule has 0 aromatic heterocycles. The van der Waals surface area contributed by atoms with Crippen LogP contribution >= 0.6 is 0 Å². The van der Waals surface area contributed by atoms with Crippen LogP contribution in [0.25, 0.3) is 0 Å². The van der Waals surface area contributed by atoms with Gasteiger partial charge in [0, 0.05) is 12.8 Å². The maximum atomic E-state index is 11.8. The van der Waals surface area contributed by atoms with Crippen molar-refractivity contribution < 1.29 is 34.0 Å². The number of carbonyl (C=O) groups is 2. The first-order chi connectivity index (χ1) is 16.9. The van der Waals surface area contributed by atoms with Crippen LogP contribution in [0, 0.1) is 5.92 Å². The Kier molecular flexibility index (Phi) is 12.7. The van der Waals surface area contributed by atoms with Crippen molar-refractivity contribution >= 4 is 11.9 Å². The molecule has 1 aliphatic rings. The van der Waals surface area contributed by atoms with Gasteiger partial charge in [-0.15, -0.1) is 0 Å². The molecule has 2 N–H and O–H groups in total. The van der Waals surface area contributed by atoms with Crippen molar-refractivity contribution in [2.45, 2.75) is 64.4 Å². The van der Waals surface area contributed by atoms with Gasteiger partial charge in [0.15, 0.2) is 0 Å². The number of aliphatic hydroxyl groups excluding tert-OH is 2. The molecule has 2 rings (SSSR count). The summed E-state index contributed by atoms with van der Waals surface area (Å²) >= 11 is 0. The molecule has 1 aromatic carbocycles. The fraction of sp³-hybridized carbons (Fsp3) is 0.571. The molecule has 0 saturated carbocycles. The number of rotatable bonds is 15. The minimum absolute atomic E-state index is 0.00422. The van der Waals surface area contributed by atoms with Crippen LogP contribution in [0.4, 0.5) is 0 Å². The van der Waals surface area contributed by atoms with Gasteiger partial charge in [0.1, 0.15) is 0 Å². The molecule has 0 radical (unpaired) electrons. The van der Waals surface area contributed by atoms with Crippen molar-refractivity contribution in [3.05, 3.63) is 59.2 Å². The molecule has 194 valence electrons. The molecule has 1 fully saturated rings. The van der Waals surface area contributed by atoms with Gasteiger partial charge in [0.2, 0.25) is 0 Å². The van der Waals surface area contributed by atoms with Crippen LogP contribution in [0.3, 0.4) is 0 Å². The van der Waals surface area contributed by atoms with Gasteiger partial charge in [0.05, 0.1) is 50.3 Å². The van der Waals surface area contributed by atoms with Crippen LogP contribution in [-0.4, -0.2) is 55.2 Å². The predicted octanol–water partition coefficient (Wildman–Crippen LogP) is 4.00. The molecule has 7 nitrogen and oxygen atoms in total. The minimum Gasteiger partial charge on any atom is -0.462 e. The summed E-state index contributed by atoms with van der Waals surface area (Å²) in [6, 6.07) is 6.17. The Morgan fingerprint density at radius 3 is 1.97 bits per heavy atom. The fourth-order valence-corrected chi connectivity index (χ4v) is 4.10. The Hall–Kier alpha value is -2.48. The summed E-state index contributed by atoms with van der Waals surface area (Å²) in [5.74, 6) is -0.604. The molecule has 0 bridgehead atoms. The number of hydrogen-bond acceptors (Lipinski definition) is 7. The first kappa shape index (κ1) is 28.8. The van der Waals surface area contributed by atoms with E-state index in [4.69, 9.17) is 24.4 Å². The van der Waals surface area contributed by atoms with Gasteiger partial charge in [-0.1, -0.05) is 57.5 Å². The summed E-state index contributed by atoms with van der Waals surface area (Å²) in [6.07, 6.45) is 8.03. The molecular weight excluding hydrogens is 448 g/mol. The van der Waals surface area contributed by atoms with Crippen LogP contribution < -0.4 is 0 Å². The lowest BCUT2D eigenvalue weighted by Crippen LogP contribution is -2.21. The van der Waals surface area contributed by atoms with E-state index in [-0.39, 0.29) is 30.5 Å². The second-order valence-electron chi connectivity index (χ2n) is 9.14. The summed E-state index contributed by atoms with van der Waals surface area (Å²) in [6.45, 7) is 9.40. The second-order valence-corrected chi connectivity index (χ2v) is 9.14. The lowest BCUT2D eigenvalue weighted by atomic mass is 9.89. The van der Waals surface area contributed by atoms with Crippen LogP contribution in [-0.2, 0) is 36.6 Å². The molecule has 2 unspecified atom stereocenters. The monoisotopic (exact) mass is 488 g/mol. The molecule has 1 saturated heterocycles. The fourth-order valence-electron chi connectivity index (χ4n) is 4.10. The van der Waals surface area contributed by atoms with Crippen molar-refractivity contribution in [1.29, 1.82) is 0 Å². The largest absolute Gasteiger partial charge is 0.462 e. The summed E-state index contributed by atoms with van der Waals surface area (Å²) in [7, 11) is 0. The first-order valence-electron chi connectivity index (χ1n) is 12.5. The standard InChI is InChI=1S/C28H40O7/c1-4-5-6-7-22-8-9-26(35-19-22)25-15-23(10-12-33-27(31)20(2)17-29)14-24(16-25)11-13-34-28(32)21(3)18-30/h14-16,22,26,29-30H,2-13,17-19H2,1H3. The number of unbranched alkanes of at least 4 members (excludes halogenated alkanes) is 2. The molecule has 0 spiro atoms. The Morgan fingerprint density at radius 2 is 1.51 bits per heavy atom. The maximum Gasteiger partial charge on any atom is 0.335 e. The zero-order valence-corrected chi connectivity index (χ0v) is 20.9. The third kappa shape index (κ3) is 9.96. The van der Waals surface area contributed by atoms with Crippen molar-refractivity contribution in [1.82, 2.24) is 0 Å². The lowest BCUT2D eigenvalue weighted by molar-refractivity contribution is -0.140. The van der Waals surface area contributed by atoms with E-state index in [0.29, 0.717) is 18.8 Å². The van der Waals surface area contributed by atoms with E-state index >= 15 is 0 Å². The number of carbonyl (C=O) groups excluding carboxylic acids is 2. The Bertz CT molecular complexity index is 801. The van der Waals surface area contributed by atoms with Crippen molar-refractivity contribution in [3.63, 3.8) is 0 Å². The first-order valence-corrected chi connectivity index (χ1v) is 12.5. The predicted molar refractivity (Wildman–Crippen MR) is 134 cm³/mol. The average Bonchev–Trinajstić information content (AvgIpc) is 2.88. The molecule has 1 aromatic rings. The molecule has 7 heteroatoms. The Balaban J connectivity index is 2.04. The van der Waals surface area contributed by atoms with Crippen LogP contribution in [0.15, 0.2) is 42.5 Å². The van der Waals surface area contributed by atoms with Gasteiger partial charge in [-0.05, 0) is 41.9 Å². The van der Waals surface area contributed by atoms with Crippen molar-refractivity contribution in [3.8, 4) is 0 Å². The summed E-state index contributed by atoms with van der Waals surface area (Å²) in [5.41, 5.74) is 3.09. The summed E-state index contributed by atoms with van der Waals surface area (Å²) in [5, 5.41) is 18.0. The number of ether oxygens (including phenoxy) is 3. The molecule has 2 atom stereocenters. The van der Waals surface area contributed by atoms with Crippen LogP contribution in [0.1, 0.15) is 68.2 Å². The van der Waals surface area contributed by atoms with Gasteiger partial charge in [0.25, 0.3) is 0 Å². The van der Waals surface area contributed by atoms with E-state index in [1.165, 1.54) is 25.7 Å². The third-order valence-corrected chi connectivity index (χ3v) is 6.24. The van der Waals surface area contributed by atoms with Gasteiger partial charge >= 0.3 is 11.9 Å². The molecule has 1 heterocycles. The molecule has 35 heavy (non-hydrogen) atoms. The normalized spacial score (nSPS) is 17.6. The number of esters is 2. The Morgan fingerprint density at radius 1 is 0.943 bits per heavy atom. The molecular formula is C28H40O7. The SMILES string of the molecule is C=C(CO)C(=O)OCCc1cc(CCOC(=O)C(=C)CO)cc(C2CCC(CCCCC)CO2)c1. The van der Waals surface area contributed by atoms with Gasteiger partial charge < -0.3 is 24.4 Å². The van der Waals surface area contributed by atoms with E-state index in [9.17, 15) is 9.59 Å².